The van der Waals surface area contributed by atoms with Gasteiger partial charge in [0.05, 0.1) is 19.3 Å². The number of halogens is 1. The maximum Gasteiger partial charge on any atom is 0.240 e. The third-order valence-electron chi connectivity index (χ3n) is 8.29. The van der Waals surface area contributed by atoms with Gasteiger partial charge in [0.15, 0.2) is 0 Å². The zero-order valence-electron chi connectivity index (χ0n) is 18.8. The van der Waals surface area contributed by atoms with Crippen molar-refractivity contribution in [3.63, 3.8) is 0 Å². The summed E-state index contributed by atoms with van der Waals surface area (Å²) < 4.78 is 1.11. The molecule has 4 fully saturated rings. The van der Waals surface area contributed by atoms with E-state index < -0.39 is 24.2 Å². The summed E-state index contributed by atoms with van der Waals surface area (Å²) in [7, 11) is 0. The van der Waals surface area contributed by atoms with Crippen molar-refractivity contribution >= 4 is 28.5 Å². The first-order chi connectivity index (χ1) is 14.6. The highest BCUT2D eigenvalue weighted by atomic mass is 127. The second kappa shape index (κ2) is 8.89. The lowest BCUT2D eigenvalue weighted by molar-refractivity contribution is -0.183. The molecule has 0 spiro atoms. The van der Waals surface area contributed by atoms with Crippen LogP contribution in [0.15, 0.2) is 24.3 Å². The smallest absolute Gasteiger partial charge is 0.240 e. The maximum atomic E-state index is 13.6. The number of fused-ring (bicyclic) bond motifs is 2. The molecule has 0 aromatic heterocycles. The van der Waals surface area contributed by atoms with Crippen molar-refractivity contribution in [1.82, 2.24) is 10.4 Å². The lowest BCUT2D eigenvalue weighted by Crippen LogP contribution is -2.62. The lowest BCUT2D eigenvalue weighted by atomic mass is 9.45. The Bertz CT molecular complexity index is 817. The first-order valence-electron chi connectivity index (χ1n) is 11.4. The van der Waals surface area contributed by atoms with Gasteiger partial charge in [-0.05, 0) is 83.2 Å². The van der Waals surface area contributed by atoms with Crippen molar-refractivity contribution in [1.29, 1.82) is 0 Å². The summed E-state index contributed by atoms with van der Waals surface area (Å²) in [5.41, 5.74) is 1.39. The lowest BCUT2D eigenvalue weighted by Gasteiger charge is -2.62. The van der Waals surface area contributed by atoms with Gasteiger partial charge in [-0.15, -0.1) is 0 Å². The molecule has 1 heterocycles. The first-order valence-corrected chi connectivity index (χ1v) is 12.5. The zero-order valence-corrected chi connectivity index (χ0v) is 21.0. The van der Waals surface area contributed by atoms with E-state index in [1.165, 1.54) is 6.42 Å². The van der Waals surface area contributed by atoms with E-state index in [-0.39, 0.29) is 18.6 Å². The number of hydrogen-bond donors (Lipinski definition) is 3. The van der Waals surface area contributed by atoms with Crippen LogP contribution in [0, 0.1) is 32.7 Å². The molecule has 172 valence electrons. The number of hydrogen-bond acceptors (Lipinski definition) is 5. The highest BCUT2D eigenvalue weighted by Crippen LogP contribution is 2.61. The summed E-state index contributed by atoms with van der Waals surface area (Å²) in [6.07, 6.45) is 0.887. The number of nitrogens with zero attached hydrogens (tertiary/aromatic N) is 1. The van der Waals surface area contributed by atoms with E-state index in [2.05, 4.69) is 54.7 Å². The molecule has 1 saturated heterocycles. The van der Waals surface area contributed by atoms with E-state index in [0.29, 0.717) is 29.7 Å². The fourth-order valence-corrected chi connectivity index (χ4v) is 6.91. The Kier molecular flexibility index (Phi) is 6.72. The Balaban J connectivity index is 1.53. The standard InChI is InChI=1S/C24H35IN2O4/c1-13-18-9-16(24(18,3)4)10-19(13)26-23(30)22-21(14(2)29)20(12-28)31-27(22)11-15-6-5-7-17(25)8-15/h5-8,13-14,16,18-22,28-29H,9-12H2,1-4H3,(H,26,30)/t13?,14-,16-,18+,19-,20?,21+,22-/m0/s1. The largest absolute Gasteiger partial charge is 0.394 e. The predicted molar refractivity (Wildman–Crippen MR) is 127 cm³/mol. The number of hydroxylamine groups is 2. The minimum atomic E-state index is -0.773. The monoisotopic (exact) mass is 542 g/mol. The van der Waals surface area contributed by atoms with Gasteiger partial charge in [-0.2, -0.15) is 5.06 Å². The molecule has 0 radical (unpaired) electrons. The molecule has 8 atom stereocenters. The summed E-state index contributed by atoms with van der Waals surface area (Å²) >= 11 is 2.27. The Morgan fingerprint density at radius 3 is 2.71 bits per heavy atom. The van der Waals surface area contributed by atoms with Crippen LogP contribution >= 0.6 is 22.6 Å². The normalized spacial score (nSPS) is 37.8. The number of benzene rings is 1. The molecule has 3 aliphatic carbocycles. The summed E-state index contributed by atoms with van der Waals surface area (Å²) in [6.45, 7) is 8.82. The Labute approximate surface area is 198 Å². The molecule has 1 aliphatic heterocycles. The summed E-state index contributed by atoms with van der Waals surface area (Å²) in [5, 5.41) is 25.3. The van der Waals surface area contributed by atoms with Crippen LogP contribution in [0.1, 0.15) is 46.1 Å². The minimum Gasteiger partial charge on any atom is -0.394 e. The van der Waals surface area contributed by atoms with E-state index in [9.17, 15) is 15.0 Å². The third kappa shape index (κ3) is 4.28. The third-order valence-corrected chi connectivity index (χ3v) is 8.96. The molecule has 1 aromatic carbocycles. The Morgan fingerprint density at radius 2 is 2.13 bits per heavy atom. The highest BCUT2D eigenvalue weighted by molar-refractivity contribution is 14.1. The van der Waals surface area contributed by atoms with Crippen molar-refractivity contribution in [2.45, 2.75) is 71.4 Å². The van der Waals surface area contributed by atoms with E-state index in [4.69, 9.17) is 4.84 Å². The minimum absolute atomic E-state index is 0.108. The Hall–Kier alpha value is -0.740. The molecule has 4 aliphatic rings. The molecule has 7 heteroatoms. The summed E-state index contributed by atoms with van der Waals surface area (Å²) in [6, 6.07) is 7.56. The van der Waals surface area contributed by atoms with E-state index >= 15 is 0 Å². The summed E-state index contributed by atoms with van der Waals surface area (Å²) in [4.78, 5) is 19.6. The highest BCUT2D eigenvalue weighted by Gasteiger charge is 2.57. The van der Waals surface area contributed by atoms with Crippen LogP contribution < -0.4 is 5.32 Å². The number of carbonyl (C=O) groups excluding carboxylic acids is 1. The number of rotatable bonds is 6. The van der Waals surface area contributed by atoms with Crippen LogP contribution in [0.5, 0.6) is 0 Å². The van der Waals surface area contributed by atoms with Crippen LogP contribution in [-0.4, -0.2) is 52.1 Å². The van der Waals surface area contributed by atoms with Crippen LogP contribution in [0.3, 0.4) is 0 Å². The molecule has 31 heavy (non-hydrogen) atoms. The molecule has 3 saturated carbocycles. The molecule has 5 rings (SSSR count). The second-order valence-corrected chi connectivity index (χ2v) is 11.6. The molecule has 2 bridgehead atoms. The SMILES string of the molecule is CC1[C@@H](NC(=O)[C@@H]2[C@H]([C@H](C)O)C(CO)ON2Cc2cccc(I)c2)C[C@@H]2C[C@H]1C2(C)C. The molecular formula is C24H35IN2O4. The number of aliphatic hydroxyl groups excluding tert-OH is 2. The van der Waals surface area contributed by atoms with Crippen LogP contribution in [0.25, 0.3) is 0 Å². The maximum absolute atomic E-state index is 13.6. The molecular weight excluding hydrogens is 507 g/mol. The van der Waals surface area contributed by atoms with Gasteiger partial charge in [-0.25, -0.2) is 0 Å². The van der Waals surface area contributed by atoms with Gasteiger partial charge < -0.3 is 15.5 Å². The first kappa shape index (κ1) is 23.4. The van der Waals surface area contributed by atoms with E-state index in [1.54, 1.807) is 12.0 Å². The number of nitrogens with one attached hydrogen (secondary N) is 1. The van der Waals surface area contributed by atoms with E-state index in [0.717, 1.165) is 15.6 Å². The van der Waals surface area contributed by atoms with Crippen molar-refractivity contribution in [3.8, 4) is 0 Å². The van der Waals surface area contributed by atoms with Gasteiger partial charge >= 0.3 is 0 Å². The number of amides is 1. The van der Waals surface area contributed by atoms with Gasteiger partial charge in [0.2, 0.25) is 5.91 Å². The molecule has 2 unspecified atom stereocenters. The number of carbonyl (C=O) groups is 1. The van der Waals surface area contributed by atoms with Crippen molar-refractivity contribution < 1.29 is 19.8 Å². The quantitative estimate of drug-likeness (QED) is 0.482. The van der Waals surface area contributed by atoms with Crippen molar-refractivity contribution in [2.75, 3.05) is 6.61 Å². The van der Waals surface area contributed by atoms with Gasteiger partial charge in [0, 0.05) is 15.5 Å². The topological polar surface area (TPSA) is 82.0 Å². The fourth-order valence-electron chi connectivity index (χ4n) is 6.30. The average Bonchev–Trinajstić information content (AvgIpc) is 3.07. The van der Waals surface area contributed by atoms with Gasteiger partial charge in [0.1, 0.15) is 12.1 Å². The van der Waals surface area contributed by atoms with Crippen LogP contribution in [-0.2, 0) is 16.2 Å². The van der Waals surface area contributed by atoms with Crippen molar-refractivity contribution in [2.24, 2.45) is 29.1 Å². The molecule has 1 amide bonds. The summed E-state index contributed by atoms with van der Waals surface area (Å²) in [5.74, 6) is 1.12. The fraction of sp³-hybridized carbons (Fsp3) is 0.708. The van der Waals surface area contributed by atoms with Gasteiger partial charge in [-0.1, -0.05) is 32.9 Å². The van der Waals surface area contributed by atoms with Crippen LogP contribution in [0.2, 0.25) is 0 Å². The number of aliphatic hydroxyl groups is 2. The van der Waals surface area contributed by atoms with Gasteiger partial charge in [-0.3, -0.25) is 9.63 Å². The predicted octanol–water partition coefficient (Wildman–Crippen LogP) is 2.95. The zero-order chi connectivity index (χ0) is 22.5. The second-order valence-electron chi connectivity index (χ2n) is 10.4. The van der Waals surface area contributed by atoms with Crippen LogP contribution in [0.4, 0.5) is 0 Å². The van der Waals surface area contributed by atoms with Crippen molar-refractivity contribution in [3.05, 3.63) is 33.4 Å². The molecule has 6 nitrogen and oxygen atoms in total. The molecule has 3 N–H and O–H groups in total. The van der Waals surface area contributed by atoms with Gasteiger partial charge in [0.25, 0.3) is 0 Å². The average molecular weight is 542 g/mol. The van der Waals surface area contributed by atoms with E-state index in [1.807, 2.05) is 18.2 Å². The Morgan fingerprint density at radius 1 is 1.39 bits per heavy atom. The molecule has 1 aromatic rings.